The first-order valence-electron chi connectivity index (χ1n) is 13.1. The molecule has 3 rings (SSSR count). The molecule has 0 aromatic heterocycles. The number of benzene rings is 3. The van der Waals surface area contributed by atoms with Crippen LogP contribution in [0.5, 0.6) is 34.5 Å². The molecule has 0 heterocycles. The first kappa shape index (κ1) is 31.8. The summed E-state index contributed by atoms with van der Waals surface area (Å²) >= 11 is 0. The minimum atomic E-state index is -0.954. The fourth-order valence-corrected chi connectivity index (χ4v) is 19.8. The number of para-hydroxylation sites is 3. The normalized spacial score (nSPS) is 13.3. The molecule has 211 valence electrons. The van der Waals surface area contributed by atoms with Crippen LogP contribution in [0.4, 0.5) is 0 Å². The fraction of sp³-hybridized carbons (Fsp3) is 0.400. The maximum atomic E-state index is 5.81. The van der Waals surface area contributed by atoms with Gasteiger partial charge in [-0.2, -0.15) is 0 Å². The molecule has 0 N–H and O–H groups in total. The first-order valence-corrected chi connectivity index (χ1v) is 18.1. The Kier molecular flexibility index (Phi) is 12.2. The number of hydrogen-bond donors (Lipinski definition) is 0. The molecule has 0 saturated carbocycles. The lowest BCUT2D eigenvalue weighted by atomic mass is 10.3. The van der Waals surface area contributed by atoms with Crippen LogP contribution in [0.25, 0.3) is 0 Å². The lowest BCUT2D eigenvalue weighted by molar-refractivity contribution is 0.357. The van der Waals surface area contributed by atoms with Crippen LogP contribution in [0.2, 0.25) is 15.5 Å². The summed E-state index contributed by atoms with van der Waals surface area (Å²) in [6, 6.07) is 18.6. The van der Waals surface area contributed by atoms with Crippen molar-refractivity contribution >= 4 is 52.9 Å². The number of rotatable bonds is 15. The van der Waals surface area contributed by atoms with E-state index in [1.54, 1.807) is 42.7 Å². The minimum absolute atomic E-state index is 0.490. The second kappa shape index (κ2) is 15.4. The van der Waals surface area contributed by atoms with Crippen molar-refractivity contribution in [3.05, 3.63) is 54.6 Å². The van der Waals surface area contributed by atoms with E-state index in [-0.39, 0.29) is 0 Å². The van der Waals surface area contributed by atoms with Gasteiger partial charge in [-0.1, -0.05) is 72.7 Å². The number of ether oxygens (including phenoxy) is 6. The maximum absolute atomic E-state index is 5.81. The summed E-state index contributed by atoms with van der Waals surface area (Å²) in [4.78, 5) is 0. The molecular formula is C30H39O6Si4. The molecule has 6 nitrogen and oxygen atoms in total. The van der Waals surface area contributed by atoms with Gasteiger partial charge in [-0.05, 0) is 33.8 Å². The van der Waals surface area contributed by atoms with Gasteiger partial charge < -0.3 is 28.4 Å². The minimum Gasteiger partial charge on any atom is -0.493 e. The van der Waals surface area contributed by atoms with Crippen molar-refractivity contribution in [3.8, 4) is 34.5 Å². The average Bonchev–Trinajstić information content (AvgIpc) is 2.96. The van der Waals surface area contributed by atoms with Gasteiger partial charge in [0.1, 0.15) is 0 Å². The summed E-state index contributed by atoms with van der Waals surface area (Å²) in [5, 5.41) is 5.10. The van der Waals surface area contributed by atoms with Crippen molar-refractivity contribution in [1.29, 1.82) is 0 Å². The highest BCUT2D eigenvalue weighted by Crippen LogP contribution is 2.33. The van der Waals surface area contributed by atoms with E-state index in [4.69, 9.17) is 28.4 Å². The van der Waals surface area contributed by atoms with Crippen molar-refractivity contribution < 1.29 is 28.4 Å². The number of hydrogen-bond acceptors (Lipinski definition) is 6. The zero-order chi connectivity index (χ0) is 29.2. The van der Waals surface area contributed by atoms with Crippen LogP contribution in [-0.4, -0.2) is 80.0 Å². The third-order valence-corrected chi connectivity index (χ3v) is 17.5. The Morgan fingerprint density at radius 2 is 0.725 bits per heavy atom. The maximum Gasteiger partial charge on any atom is 0.160 e. The van der Waals surface area contributed by atoms with E-state index >= 15 is 0 Å². The monoisotopic (exact) mass is 607 g/mol. The topological polar surface area (TPSA) is 55.4 Å². The summed E-state index contributed by atoms with van der Waals surface area (Å²) in [7, 11) is 11.1. The molecule has 40 heavy (non-hydrogen) atoms. The summed E-state index contributed by atoms with van der Waals surface area (Å²) in [5.74, 6) is 4.85. The molecule has 3 unspecified atom stereocenters. The van der Waals surface area contributed by atoms with Gasteiger partial charge in [0, 0.05) is 8.80 Å². The highest BCUT2D eigenvalue weighted by molar-refractivity contribution is 6.91. The van der Waals surface area contributed by atoms with E-state index in [0.29, 0.717) is 44.1 Å². The Balaban J connectivity index is 1.99. The van der Waals surface area contributed by atoms with Gasteiger partial charge in [-0.25, -0.2) is 0 Å². The molecule has 7 radical (unpaired) electrons. The third-order valence-electron chi connectivity index (χ3n) is 6.82. The molecule has 10 heteroatoms. The van der Waals surface area contributed by atoms with Crippen LogP contribution >= 0.6 is 0 Å². The summed E-state index contributed by atoms with van der Waals surface area (Å²) < 4.78 is 34.2. The van der Waals surface area contributed by atoms with E-state index in [9.17, 15) is 0 Å². The van der Waals surface area contributed by atoms with Crippen LogP contribution in [0.15, 0.2) is 54.6 Å². The van der Waals surface area contributed by atoms with E-state index in [2.05, 4.69) is 57.2 Å². The Hall–Kier alpha value is -2.67. The van der Waals surface area contributed by atoms with Crippen LogP contribution in [0.3, 0.4) is 0 Å². The molecule has 0 aliphatic rings. The summed E-state index contributed by atoms with van der Waals surface area (Å²) in [6.45, 7) is 7.25. The molecule has 0 amide bonds. The molecule has 0 spiro atoms. The van der Waals surface area contributed by atoms with Crippen molar-refractivity contribution in [3.63, 3.8) is 0 Å². The van der Waals surface area contributed by atoms with E-state index < -0.39 is 8.80 Å². The molecule has 3 atom stereocenters. The quantitative estimate of drug-likeness (QED) is 0.246. The highest BCUT2D eigenvalue weighted by atomic mass is 28.4. The van der Waals surface area contributed by atoms with Gasteiger partial charge in [-0.15, -0.1) is 0 Å². The van der Waals surface area contributed by atoms with Crippen molar-refractivity contribution in [2.24, 2.45) is 0 Å². The molecule has 0 bridgehead atoms. The molecule has 0 aliphatic carbocycles. The Morgan fingerprint density at radius 3 is 0.950 bits per heavy atom. The average molecular weight is 608 g/mol. The van der Waals surface area contributed by atoms with Gasteiger partial charge in [0.25, 0.3) is 0 Å². The second-order valence-corrected chi connectivity index (χ2v) is 19.6. The van der Waals surface area contributed by atoms with Crippen LogP contribution in [0, 0.1) is 0 Å². The Morgan fingerprint density at radius 1 is 0.450 bits per heavy atom. The first-order chi connectivity index (χ1) is 19.3. The lowest BCUT2D eigenvalue weighted by Gasteiger charge is -2.33. The van der Waals surface area contributed by atoms with Crippen LogP contribution in [-0.2, 0) is 0 Å². The van der Waals surface area contributed by atoms with Gasteiger partial charge in [0.15, 0.2) is 34.5 Å². The smallest absolute Gasteiger partial charge is 0.160 e. The predicted octanol–water partition coefficient (Wildman–Crippen LogP) is 3.66. The highest BCUT2D eigenvalue weighted by Gasteiger charge is 2.34. The Labute approximate surface area is 248 Å². The number of methoxy groups -OCH3 is 6. The lowest BCUT2D eigenvalue weighted by Crippen LogP contribution is -2.43. The van der Waals surface area contributed by atoms with Gasteiger partial charge in [0.05, 0.1) is 71.2 Å². The molecule has 3 aromatic rings. The van der Waals surface area contributed by atoms with Crippen molar-refractivity contribution in [2.45, 2.75) is 36.3 Å². The molecule has 3 aromatic carbocycles. The second-order valence-electron chi connectivity index (χ2n) is 9.22. The van der Waals surface area contributed by atoms with Crippen molar-refractivity contribution in [1.82, 2.24) is 0 Å². The van der Waals surface area contributed by atoms with Gasteiger partial charge in [-0.3, -0.25) is 0 Å². The van der Waals surface area contributed by atoms with Crippen LogP contribution < -0.4 is 44.0 Å². The van der Waals surface area contributed by atoms with Gasteiger partial charge >= 0.3 is 0 Å². The largest absolute Gasteiger partial charge is 0.493 e. The van der Waals surface area contributed by atoms with E-state index in [1.165, 1.54) is 15.6 Å². The zero-order valence-electron chi connectivity index (χ0n) is 24.9. The van der Waals surface area contributed by atoms with Gasteiger partial charge in [0.2, 0.25) is 0 Å². The Bertz CT molecular complexity index is 1090. The van der Waals surface area contributed by atoms with E-state index in [0.717, 1.165) is 34.5 Å². The molecule has 0 fully saturated rings. The molecular weight excluding hydrogens is 569 g/mol. The van der Waals surface area contributed by atoms with Crippen molar-refractivity contribution in [2.75, 3.05) is 42.7 Å². The third kappa shape index (κ3) is 7.34. The summed E-state index contributed by atoms with van der Waals surface area (Å²) in [6.07, 6.45) is 0. The van der Waals surface area contributed by atoms with Crippen LogP contribution in [0.1, 0.15) is 20.8 Å². The zero-order valence-corrected chi connectivity index (χ0v) is 28.9. The fourth-order valence-electron chi connectivity index (χ4n) is 5.08. The molecule has 0 aliphatic heterocycles. The predicted molar refractivity (Wildman–Crippen MR) is 169 cm³/mol. The molecule has 0 saturated heterocycles. The van der Waals surface area contributed by atoms with E-state index in [1.807, 2.05) is 18.2 Å². The summed E-state index contributed by atoms with van der Waals surface area (Å²) in [5.41, 5.74) is 0. The standard InChI is InChI=1S/C30H39O6Si4/c1-19(37-25-16-10-13-22(31-4)28(25)34-7)40(20(2)38-26-17-11-14-23(32-5)29(26)35-8)21(3)39-27-18-12-15-24(33-6)30(27)36-9/h10-21H,1-9H3. The SMILES string of the molecule is COc1cccc([Si]C(C)[Si](C(C)[Si]c2cccc(OC)c2OC)C(C)[Si]c2cccc(OC)c2OC)c1OC.